The van der Waals surface area contributed by atoms with Gasteiger partial charge in [-0.05, 0) is 36.4 Å². The second-order valence-electron chi connectivity index (χ2n) is 4.84. The monoisotopic (exact) mass is 401 g/mol. The Kier molecular flexibility index (Phi) is 6.55. The lowest BCUT2D eigenvalue weighted by Gasteiger charge is -2.07. The Bertz CT molecular complexity index is 878. The molecule has 2 aromatic carbocycles. The van der Waals surface area contributed by atoms with Gasteiger partial charge in [0.05, 0.1) is 6.61 Å². The normalized spacial score (nSPS) is 12.0. The first-order chi connectivity index (χ1) is 11.8. The Labute approximate surface area is 154 Å². The Hall–Kier alpha value is -1.93. The third kappa shape index (κ3) is 5.54. The lowest BCUT2D eigenvalue weighted by atomic mass is 10.0. The molecule has 1 N–H and O–H groups in total. The summed E-state index contributed by atoms with van der Waals surface area (Å²) in [5.74, 6) is -1.20. The number of ketones is 1. The van der Waals surface area contributed by atoms with Gasteiger partial charge in [0.1, 0.15) is 5.75 Å². The van der Waals surface area contributed by atoms with Crippen molar-refractivity contribution in [3.8, 4) is 0 Å². The number of benzene rings is 2. The molecule has 0 amide bonds. The summed E-state index contributed by atoms with van der Waals surface area (Å²) in [7, 11) is -4.10. The van der Waals surface area contributed by atoms with Gasteiger partial charge in [-0.2, -0.15) is 8.42 Å². The average molecular weight is 402 g/mol. The molecular formula is C16H13Cl2NO5S. The van der Waals surface area contributed by atoms with E-state index < -0.39 is 28.3 Å². The van der Waals surface area contributed by atoms with E-state index in [1.807, 2.05) is 0 Å². The molecule has 0 fully saturated rings. The Balaban J connectivity index is 2.43. The minimum Gasteiger partial charge on any atom is -0.395 e. The summed E-state index contributed by atoms with van der Waals surface area (Å²) in [4.78, 5) is 12.7. The topological polar surface area (TPSA) is 93.0 Å². The first kappa shape index (κ1) is 19.4. The van der Waals surface area contributed by atoms with Gasteiger partial charge in [0.2, 0.25) is 5.78 Å². The molecule has 0 spiro atoms. The fourth-order valence-corrected chi connectivity index (χ4v) is 2.55. The highest BCUT2D eigenvalue weighted by Crippen LogP contribution is 2.16. The zero-order chi connectivity index (χ0) is 18.4. The Morgan fingerprint density at radius 1 is 0.960 bits per heavy atom. The molecule has 0 atom stereocenters. The van der Waals surface area contributed by atoms with Gasteiger partial charge in [-0.1, -0.05) is 40.5 Å². The van der Waals surface area contributed by atoms with Crippen LogP contribution in [0.5, 0.6) is 0 Å². The summed E-state index contributed by atoms with van der Waals surface area (Å²) in [6, 6.07) is 12.1. The number of nitrogens with zero attached hydrogens (tertiary/aromatic N) is 1. The van der Waals surface area contributed by atoms with Crippen molar-refractivity contribution in [3.05, 3.63) is 69.7 Å². The highest BCUT2D eigenvalue weighted by atomic mass is 35.5. The van der Waals surface area contributed by atoms with Crippen LogP contribution in [-0.2, 0) is 14.4 Å². The first-order valence-electron chi connectivity index (χ1n) is 6.99. The summed E-state index contributed by atoms with van der Waals surface area (Å²) in [6.45, 7) is -0.626. The molecule has 0 aliphatic carbocycles. The van der Waals surface area contributed by atoms with Crippen LogP contribution in [0.2, 0.25) is 10.0 Å². The predicted octanol–water partition coefficient (Wildman–Crippen LogP) is 2.92. The number of aliphatic hydroxyl groups is 1. The van der Waals surface area contributed by atoms with Crippen LogP contribution in [0.4, 0.5) is 0 Å². The molecule has 0 aliphatic rings. The molecule has 0 bridgehead atoms. The smallest absolute Gasteiger partial charge is 0.330 e. The van der Waals surface area contributed by atoms with Crippen molar-refractivity contribution in [2.24, 2.45) is 5.16 Å². The second-order valence-corrected chi connectivity index (χ2v) is 7.39. The van der Waals surface area contributed by atoms with Crippen LogP contribution < -0.4 is 0 Å². The molecule has 132 valence electrons. The van der Waals surface area contributed by atoms with Gasteiger partial charge in [0.25, 0.3) is 0 Å². The van der Waals surface area contributed by atoms with E-state index in [4.69, 9.17) is 28.3 Å². The van der Waals surface area contributed by atoms with Crippen molar-refractivity contribution >= 4 is 44.8 Å². The molecule has 6 nitrogen and oxygen atoms in total. The van der Waals surface area contributed by atoms with Crippen LogP contribution in [0.3, 0.4) is 0 Å². The van der Waals surface area contributed by atoms with Gasteiger partial charge < -0.3 is 5.11 Å². The maximum Gasteiger partial charge on any atom is 0.330 e. The van der Waals surface area contributed by atoms with Crippen LogP contribution in [-0.4, -0.2) is 37.4 Å². The summed E-state index contributed by atoms with van der Waals surface area (Å²) < 4.78 is 27.7. The third-order valence-corrected chi connectivity index (χ3v) is 4.51. The number of aliphatic hydroxyl groups excluding tert-OH is 1. The molecule has 9 heteroatoms. The van der Waals surface area contributed by atoms with E-state index in [0.29, 0.717) is 15.6 Å². The SMILES string of the molecule is O=C(C(=NOS(=O)(=O)CCO)c1ccc(Cl)cc1)c1ccc(Cl)cc1. The lowest BCUT2D eigenvalue weighted by molar-refractivity contribution is 0.106. The van der Waals surface area contributed by atoms with E-state index in [1.54, 1.807) is 0 Å². The number of rotatable bonds is 7. The zero-order valence-corrected chi connectivity index (χ0v) is 15.1. The van der Waals surface area contributed by atoms with E-state index in [2.05, 4.69) is 9.44 Å². The van der Waals surface area contributed by atoms with Gasteiger partial charge in [-0.3, -0.25) is 9.08 Å². The molecule has 0 heterocycles. The van der Waals surface area contributed by atoms with E-state index in [9.17, 15) is 13.2 Å². The van der Waals surface area contributed by atoms with E-state index in [1.165, 1.54) is 48.5 Å². The quantitative estimate of drug-likeness (QED) is 0.437. The third-order valence-electron chi connectivity index (χ3n) is 3.02. The summed E-state index contributed by atoms with van der Waals surface area (Å²) >= 11 is 11.6. The van der Waals surface area contributed by atoms with E-state index >= 15 is 0 Å². The van der Waals surface area contributed by atoms with Crippen LogP contribution in [0.25, 0.3) is 0 Å². The van der Waals surface area contributed by atoms with Gasteiger partial charge in [0.15, 0.2) is 5.71 Å². The molecule has 25 heavy (non-hydrogen) atoms. The van der Waals surface area contributed by atoms with Crippen molar-refractivity contribution in [1.82, 2.24) is 0 Å². The van der Waals surface area contributed by atoms with Gasteiger partial charge in [-0.15, -0.1) is 0 Å². The summed E-state index contributed by atoms with van der Waals surface area (Å²) in [5, 5.41) is 13.1. The van der Waals surface area contributed by atoms with E-state index in [0.717, 1.165) is 0 Å². The van der Waals surface area contributed by atoms with Gasteiger partial charge in [0, 0.05) is 21.2 Å². The predicted molar refractivity (Wildman–Crippen MR) is 95.7 cm³/mol. The maximum atomic E-state index is 12.7. The maximum absolute atomic E-state index is 12.7. The van der Waals surface area contributed by atoms with Crippen molar-refractivity contribution in [1.29, 1.82) is 0 Å². The van der Waals surface area contributed by atoms with Crippen LogP contribution in [0.1, 0.15) is 15.9 Å². The number of oxime groups is 1. The molecular weight excluding hydrogens is 389 g/mol. The molecule has 0 radical (unpaired) electrons. The molecule has 0 aliphatic heterocycles. The highest BCUT2D eigenvalue weighted by Gasteiger charge is 2.20. The molecule has 0 unspecified atom stereocenters. The standard InChI is InChI=1S/C16H13Cl2NO5S/c17-13-5-1-11(2-6-13)15(19-24-25(22,23)10-9-20)16(21)12-3-7-14(18)8-4-12/h1-8,20H,9-10H2. The minimum absolute atomic E-state index is 0.222. The number of carbonyl (C=O) groups is 1. The van der Waals surface area contributed by atoms with Crippen molar-refractivity contribution in [3.63, 3.8) is 0 Å². The van der Waals surface area contributed by atoms with Crippen LogP contribution >= 0.6 is 23.2 Å². The highest BCUT2D eigenvalue weighted by molar-refractivity contribution is 7.86. The lowest BCUT2D eigenvalue weighted by Crippen LogP contribution is -2.18. The Morgan fingerprint density at radius 3 is 1.92 bits per heavy atom. The molecule has 0 aromatic heterocycles. The Morgan fingerprint density at radius 2 is 1.44 bits per heavy atom. The van der Waals surface area contributed by atoms with Crippen molar-refractivity contribution in [2.45, 2.75) is 0 Å². The average Bonchev–Trinajstić information content (AvgIpc) is 2.57. The zero-order valence-electron chi connectivity index (χ0n) is 12.7. The van der Waals surface area contributed by atoms with E-state index in [-0.39, 0.29) is 11.3 Å². The summed E-state index contributed by atoms with van der Waals surface area (Å²) in [5.41, 5.74) is 0.352. The number of halogens is 2. The van der Waals surface area contributed by atoms with Gasteiger partial charge >= 0.3 is 10.1 Å². The largest absolute Gasteiger partial charge is 0.395 e. The van der Waals surface area contributed by atoms with Crippen LogP contribution in [0, 0.1) is 0 Å². The number of Topliss-reactive ketones (excluding diaryl/α,β-unsaturated/α-hetero) is 1. The number of hydrogen-bond acceptors (Lipinski definition) is 6. The van der Waals surface area contributed by atoms with Crippen LogP contribution in [0.15, 0.2) is 53.7 Å². The molecule has 2 rings (SSSR count). The number of hydrogen-bond donors (Lipinski definition) is 1. The number of carbonyl (C=O) groups excluding carboxylic acids is 1. The second kappa shape index (κ2) is 8.44. The molecule has 0 saturated carbocycles. The fraction of sp³-hybridized carbons (Fsp3) is 0.125. The fourth-order valence-electron chi connectivity index (χ4n) is 1.81. The van der Waals surface area contributed by atoms with Crippen molar-refractivity contribution < 1.29 is 22.6 Å². The first-order valence-corrected chi connectivity index (χ1v) is 9.32. The molecule has 2 aromatic rings. The summed E-state index contributed by atoms with van der Waals surface area (Å²) in [6.07, 6.45) is 0. The van der Waals surface area contributed by atoms with Gasteiger partial charge in [-0.25, -0.2) is 0 Å². The minimum atomic E-state index is -4.10. The molecule has 0 saturated heterocycles. The van der Waals surface area contributed by atoms with Crippen molar-refractivity contribution in [2.75, 3.05) is 12.4 Å².